The summed E-state index contributed by atoms with van der Waals surface area (Å²) in [5, 5.41) is 11.9. The number of carbonyl (C=O) groups excluding carboxylic acids is 2. The minimum absolute atomic E-state index is 0.0433. The molecule has 0 bridgehead atoms. The topological polar surface area (TPSA) is 100 Å². The molecule has 230 valence electrons. The molecule has 0 spiro atoms. The molecular weight excluding hydrogens is 571 g/mol. The zero-order chi connectivity index (χ0) is 30.9. The van der Waals surface area contributed by atoms with Crippen molar-refractivity contribution in [2.45, 2.75) is 51.5 Å². The molecule has 2 aromatic heterocycles. The van der Waals surface area contributed by atoms with E-state index in [1.807, 2.05) is 86.9 Å². The summed E-state index contributed by atoms with van der Waals surface area (Å²) in [5.74, 6) is 0.357. The number of aromatic nitrogens is 4. The molecule has 0 aliphatic carbocycles. The van der Waals surface area contributed by atoms with Gasteiger partial charge in [-0.2, -0.15) is 5.10 Å². The fraction of sp³-hybridized carbons (Fsp3) is 0.294. The average Bonchev–Trinajstić information content (AvgIpc) is 3.68. The summed E-state index contributed by atoms with van der Waals surface area (Å²) in [6, 6.07) is 19.7. The Balaban J connectivity index is 1.09. The second-order valence-corrected chi connectivity index (χ2v) is 11.8. The van der Waals surface area contributed by atoms with Gasteiger partial charge in [0.1, 0.15) is 17.7 Å². The highest BCUT2D eigenvalue weighted by Crippen LogP contribution is 2.28. The van der Waals surface area contributed by atoms with Crippen LogP contribution in [0.5, 0.6) is 0 Å². The number of fused-ring (bicyclic) bond motifs is 2. The number of carbonyl (C=O) groups is 2. The summed E-state index contributed by atoms with van der Waals surface area (Å²) < 4.78 is 17.8. The molecular formula is C34H35FN8O2. The lowest BCUT2D eigenvalue weighted by Gasteiger charge is -2.40. The average molecular weight is 607 g/mol. The van der Waals surface area contributed by atoms with Crippen molar-refractivity contribution >= 4 is 28.7 Å². The Bertz CT molecular complexity index is 1860. The Kier molecular flexibility index (Phi) is 7.66. The van der Waals surface area contributed by atoms with Crippen molar-refractivity contribution in [1.82, 2.24) is 34.4 Å². The first-order valence-corrected chi connectivity index (χ1v) is 15.3. The van der Waals surface area contributed by atoms with Gasteiger partial charge in [-0.3, -0.25) is 4.68 Å². The quantitative estimate of drug-likeness (QED) is 0.249. The smallest absolute Gasteiger partial charge is 0.322 e. The van der Waals surface area contributed by atoms with E-state index in [-0.39, 0.29) is 23.9 Å². The maximum absolute atomic E-state index is 14.0. The third-order valence-corrected chi connectivity index (χ3v) is 8.87. The van der Waals surface area contributed by atoms with Crippen molar-refractivity contribution in [1.29, 1.82) is 0 Å². The molecule has 1 saturated heterocycles. The number of halogens is 1. The second-order valence-electron chi connectivity index (χ2n) is 11.8. The van der Waals surface area contributed by atoms with Crippen molar-refractivity contribution < 1.29 is 14.0 Å². The van der Waals surface area contributed by atoms with E-state index in [1.54, 1.807) is 12.3 Å². The van der Waals surface area contributed by atoms with Gasteiger partial charge in [0.15, 0.2) is 0 Å². The summed E-state index contributed by atoms with van der Waals surface area (Å²) >= 11 is 0. The lowest BCUT2D eigenvalue weighted by Crippen LogP contribution is -2.53. The first-order chi connectivity index (χ1) is 21.9. The second kappa shape index (κ2) is 12.1. The Morgan fingerprint density at radius 1 is 1.09 bits per heavy atom. The van der Waals surface area contributed by atoms with Crippen LogP contribution in [0.4, 0.5) is 19.7 Å². The predicted octanol–water partition coefficient (Wildman–Crippen LogP) is 5.69. The number of para-hydroxylation sites is 2. The number of hydrogen-bond acceptors (Lipinski definition) is 4. The van der Waals surface area contributed by atoms with E-state index < -0.39 is 6.04 Å². The van der Waals surface area contributed by atoms with E-state index in [1.165, 1.54) is 12.1 Å². The fourth-order valence-electron chi connectivity index (χ4n) is 6.57. The number of nitrogens with zero attached hydrogens (tertiary/aromatic N) is 6. The highest BCUT2D eigenvalue weighted by molar-refractivity contribution is 5.92. The van der Waals surface area contributed by atoms with Crippen molar-refractivity contribution in [2.75, 3.05) is 18.4 Å². The van der Waals surface area contributed by atoms with E-state index in [0.717, 1.165) is 33.3 Å². The van der Waals surface area contributed by atoms with E-state index in [0.29, 0.717) is 51.4 Å². The van der Waals surface area contributed by atoms with Crippen LogP contribution in [0, 0.1) is 12.7 Å². The van der Waals surface area contributed by atoms with Gasteiger partial charge < -0.3 is 25.0 Å². The molecule has 2 aliphatic heterocycles. The third-order valence-electron chi connectivity index (χ3n) is 8.87. The van der Waals surface area contributed by atoms with Crippen LogP contribution in [0.2, 0.25) is 0 Å². The lowest BCUT2D eigenvalue weighted by molar-refractivity contribution is 0.126. The lowest BCUT2D eigenvalue weighted by atomic mass is 10.0. The molecule has 11 heteroatoms. The number of nitrogens with one attached hydrogen (secondary N) is 2. The molecule has 10 nitrogen and oxygen atoms in total. The van der Waals surface area contributed by atoms with Gasteiger partial charge in [0.25, 0.3) is 0 Å². The van der Waals surface area contributed by atoms with Gasteiger partial charge in [0, 0.05) is 55.7 Å². The first-order valence-electron chi connectivity index (χ1n) is 15.3. The number of benzene rings is 3. The maximum atomic E-state index is 14.0. The van der Waals surface area contributed by atoms with Crippen molar-refractivity contribution in [3.8, 4) is 0 Å². The molecule has 5 aromatic rings. The molecule has 0 saturated carbocycles. The van der Waals surface area contributed by atoms with Crippen LogP contribution < -0.4 is 10.6 Å². The van der Waals surface area contributed by atoms with E-state index >= 15 is 0 Å². The number of urea groups is 2. The van der Waals surface area contributed by atoms with Gasteiger partial charge >= 0.3 is 12.1 Å². The normalized spacial score (nSPS) is 16.0. The monoisotopic (exact) mass is 606 g/mol. The minimum Gasteiger partial charge on any atom is -0.329 e. The van der Waals surface area contributed by atoms with E-state index in [4.69, 9.17) is 0 Å². The molecule has 3 aromatic carbocycles. The highest BCUT2D eigenvalue weighted by Gasteiger charge is 2.33. The molecule has 2 N–H and O–H groups in total. The number of anilines is 1. The summed E-state index contributed by atoms with van der Waals surface area (Å²) in [6.07, 6.45) is 6.75. The van der Waals surface area contributed by atoms with Crippen LogP contribution in [0.25, 0.3) is 10.9 Å². The number of imidazole rings is 1. The Labute approximate surface area is 260 Å². The van der Waals surface area contributed by atoms with Gasteiger partial charge in [0.05, 0.1) is 18.3 Å². The number of likely N-dealkylation sites (tertiary alicyclic amines) is 1. The van der Waals surface area contributed by atoms with Crippen LogP contribution in [0.3, 0.4) is 0 Å². The Hall–Kier alpha value is -5.19. The highest BCUT2D eigenvalue weighted by atomic mass is 19.1. The van der Waals surface area contributed by atoms with Crippen molar-refractivity contribution in [3.63, 3.8) is 0 Å². The van der Waals surface area contributed by atoms with E-state index in [2.05, 4.69) is 20.7 Å². The SMILES string of the molecule is Cc1cccc2cnn(CC(NC(=O)N3CCC(N4Cc5ccccc5NC4=O)CC3)c3nccn3Cc3cccc(F)c3)c12. The van der Waals surface area contributed by atoms with Crippen molar-refractivity contribution in [3.05, 3.63) is 114 Å². The summed E-state index contributed by atoms with van der Waals surface area (Å²) in [5.41, 5.74) is 4.84. The van der Waals surface area contributed by atoms with Crippen LogP contribution in [-0.2, 0) is 19.6 Å². The standard InChI is InChI=1S/C34H35FN8O2/c1-23-6-4-9-25-19-37-43(31(23)25)22-30(32-36-14-17-41(32)20-24-7-5-10-27(35)18-24)39-33(44)40-15-12-28(13-16-40)42-21-26-8-2-3-11-29(26)38-34(42)45/h2-11,14,17-19,28,30H,12-13,15-16,20-22H2,1H3,(H,38,45)(H,39,44). The molecule has 4 heterocycles. The molecule has 1 fully saturated rings. The van der Waals surface area contributed by atoms with Crippen LogP contribution in [0.15, 0.2) is 85.3 Å². The molecule has 45 heavy (non-hydrogen) atoms. The number of hydrogen-bond donors (Lipinski definition) is 2. The molecule has 1 atom stereocenters. The van der Waals surface area contributed by atoms with Gasteiger partial charge in [-0.05, 0) is 54.7 Å². The largest absolute Gasteiger partial charge is 0.329 e. The van der Waals surface area contributed by atoms with Gasteiger partial charge in [-0.1, -0.05) is 48.5 Å². The number of aryl methyl sites for hydroxylation is 1. The number of piperidine rings is 1. The molecule has 1 unspecified atom stereocenters. The summed E-state index contributed by atoms with van der Waals surface area (Å²) in [6.45, 7) is 4.43. The third kappa shape index (κ3) is 5.85. The van der Waals surface area contributed by atoms with Crippen LogP contribution in [-0.4, -0.2) is 60.3 Å². The maximum Gasteiger partial charge on any atom is 0.322 e. The van der Waals surface area contributed by atoms with Crippen molar-refractivity contribution in [2.24, 2.45) is 0 Å². The molecule has 0 radical (unpaired) electrons. The van der Waals surface area contributed by atoms with Gasteiger partial charge in [-0.25, -0.2) is 19.0 Å². The zero-order valence-electron chi connectivity index (χ0n) is 25.1. The van der Waals surface area contributed by atoms with Gasteiger partial charge in [0.2, 0.25) is 0 Å². The van der Waals surface area contributed by atoms with E-state index in [9.17, 15) is 14.0 Å². The van der Waals surface area contributed by atoms with Crippen LogP contribution in [0.1, 0.15) is 41.4 Å². The zero-order valence-corrected chi connectivity index (χ0v) is 25.1. The number of amides is 4. The first kappa shape index (κ1) is 28.6. The minimum atomic E-state index is -0.508. The van der Waals surface area contributed by atoms with Gasteiger partial charge in [-0.15, -0.1) is 0 Å². The van der Waals surface area contributed by atoms with Crippen LogP contribution >= 0.6 is 0 Å². The molecule has 2 aliphatic rings. The predicted molar refractivity (Wildman–Crippen MR) is 169 cm³/mol. The Morgan fingerprint density at radius 2 is 1.91 bits per heavy atom. The molecule has 7 rings (SSSR count). The Morgan fingerprint density at radius 3 is 2.76 bits per heavy atom. The molecule has 4 amide bonds. The number of rotatable bonds is 7. The summed E-state index contributed by atoms with van der Waals surface area (Å²) in [4.78, 5) is 35.0. The summed E-state index contributed by atoms with van der Waals surface area (Å²) in [7, 11) is 0. The fourth-order valence-corrected chi connectivity index (χ4v) is 6.57.